The molecule has 4 nitrogen and oxygen atoms in total. The first-order chi connectivity index (χ1) is 14.2. The third kappa shape index (κ3) is 5.38. The van der Waals surface area contributed by atoms with E-state index in [4.69, 9.17) is 17.3 Å². The van der Waals surface area contributed by atoms with Gasteiger partial charge in [-0.25, -0.2) is 0 Å². The first-order valence-corrected chi connectivity index (χ1v) is 12.2. The SMILES string of the molecule is CC(C)(N)CNCCCc1ccc(Cl)c(C(=O)NCC23CC4CC(CC(C4)C2)C3)c1. The number of hydrogen-bond donors (Lipinski definition) is 3. The van der Waals surface area contributed by atoms with Gasteiger partial charge in [0, 0.05) is 18.6 Å². The van der Waals surface area contributed by atoms with Crippen molar-refractivity contribution < 1.29 is 4.79 Å². The maximum Gasteiger partial charge on any atom is 0.252 e. The Kier molecular flexibility index (Phi) is 6.48. The Morgan fingerprint density at radius 2 is 1.80 bits per heavy atom. The molecular weight excluding hydrogens is 394 g/mol. The first-order valence-electron chi connectivity index (χ1n) is 11.8. The molecule has 166 valence electrons. The van der Waals surface area contributed by atoms with Crippen molar-refractivity contribution in [1.29, 1.82) is 0 Å². The second-order valence-electron chi connectivity index (χ2n) is 11.2. The molecule has 0 unspecified atom stereocenters. The number of aryl methyl sites for hydroxylation is 1. The van der Waals surface area contributed by atoms with Gasteiger partial charge in [0.1, 0.15) is 0 Å². The molecular formula is C25H38ClN3O. The number of nitrogens with two attached hydrogens (primary N) is 1. The van der Waals surface area contributed by atoms with Gasteiger partial charge < -0.3 is 16.4 Å². The van der Waals surface area contributed by atoms with Crippen LogP contribution in [0.3, 0.4) is 0 Å². The highest BCUT2D eigenvalue weighted by molar-refractivity contribution is 6.33. The number of rotatable bonds is 9. The van der Waals surface area contributed by atoms with Gasteiger partial charge in [-0.15, -0.1) is 0 Å². The number of carbonyl (C=O) groups excluding carboxylic acids is 1. The van der Waals surface area contributed by atoms with Gasteiger partial charge in [0.05, 0.1) is 10.6 Å². The molecule has 0 atom stereocenters. The van der Waals surface area contributed by atoms with Gasteiger partial charge in [-0.05, 0) is 113 Å². The van der Waals surface area contributed by atoms with Gasteiger partial charge in [-0.1, -0.05) is 17.7 Å². The van der Waals surface area contributed by atoms with Crippen LogP contribution in [0.2, 0.25) is 5.02 Å². The van der Waals surface area contributed by atoms with E-state index in [-0.39, 0.29) is 11.4 Å². The van der Waals surface area contributed by atoms with Crippen molar-refractivity contribution in [2.24, 2.45) is 28.9 Å². The molecule has 5 heteroatoms. The number of hydrogen-bond acceptors (Lipinski definition) is 3. The van der Waals surface area contributed by atoms with Crippen molar-refractivity contribution in [3.8, 4) is 0 Å². The van der Waals surface area contributed by atoms with Crippen molar-refractivity contribution in [2.75, 3.05) is 19.6 Å². The molecule has 4 fully saturated rings. The first kappa shape index (κ1) is 22.1. The minimum Gasteiger partial charge on any atom is -0.351 e. The summed E-state index contributed by atoms with van der Waals surface area (Å²) in [5, 5.41) is 7.21. The summed E-state index contributed by atoms with van der Waals surface area (Å²) < 4.78 is 0. The van der Waals surface area contributed by atoms with Crippen LogP contribution in [0.1, 0.15) is 74.7 Å². The zero-order valence-electron chi connectivity index (χ0n) is 18.6. The van der Waals surface area contributed by atoms with E-state index in [1.807, 2.05) is 32.0 Å². The van der Waals surface area contributed by atoms with E-state index >= 15 is 0 Å². The maximum absolute atomic E-state index is 13.0. The van der Waals surface area contributed by atoms with Crippen molar-refractivity contribution >= 4 is 17.5 Å². The Bertz CT molecular complexity index is 735. The van der Waals surface area contributed by atoms with Crippen molar-refractivity contribution in [2.45, 2.75) is 70.8 Å². The van der Waals surface area contributed by atoms with Gasteiger partial charge in [0.25, 0.3) is 5.91 Å². The zero-order valence-corrected chi connectivity index (χ0v) is 19.4. The molecule has 0 spiro atoms. The molecule has 4 aliphatic carbocycles. The van der Waals surface area contributed by atoms with Crippen LogP contribution in [0.25, 0.3) is 0 Å². The smallest absolute Gasteiger partial charge is 0.252 e. The van der Waals surface area contributed by atoms with E-state index in [9.17, 15) is 4.79 Å². The van der Waals surface area contributed by atoms with Crippen molar-refractivity contribution in [3.05, 3.63) is 34.3 Å². The van der Waals surface area contributed by atoms with E-state index in [0.717, 1.165) is 55.8 Å². The third-order valence-electron chi connectivity index (χ3n) is 7.46. The van der Waals surface area contributed by atoms with Crippen LogP contribution in [0.15, 0.2) is 18.2 Å². The lowest BCUT2D eigenvalue weighted by Gasteiger charge is -2.56. The topological polar surface area (TPSA) is 67.1 Å². The lowest BCUT2D eigenvalue weighted by atomic mass is 9.49. The van der Waals surface area contributed by atoms with Crippen LogP contribution >= 0.6 is 11.6 Å². The van der Waals surface area contributed by atoms with Gasteiger partial charge in [0.15, 0.2) is 0 Å². The predicted octanol–water partition coefficient (Wildman–Crippen LogP) is 4.55. The fourth-order valence-electron chi connectivity index (χ4n) is 6.60. The second kappa shape index (κ2) is 8.80. The summed E-state index contributed by atoms with van der Waals surface area (Å²) in [5.41, 5.74) is 7.93. The molecule has 1 aromatic rings. The summed E-state index contributed by atoms with van der Waals surface area (Å²) in [4.78, 5) is 13.0. The molecule has 4 N–H and O–H groups in total. The minimum atomic E-state index is -0.192. The van der Waals surface area contributed by atoms with E-state index < -0.39 is 0 Å². The summed E-state index contributed by atoms with van der Waals surface area (Å²) in [6, 6.07) is 5.88. The number of halogens is 1. The van der Waals surface area contributed by atoms with Crippen molar-refractivity contribution in [3.63, 3.8) is 0 Å². The molecule has 0 saturated heterocycles. The Hall–Kier alpha value is -1.10. The highest BCUT2D eigenvalue weighted by atomic mass is 35.5. The maximum atomic E-state index is 13.0. The van der Waals surface area contributed by atoms with Crippen LogP contribution < -0.4 is 16.4 Å². The molecule has 4 bridgehead atoms. The van der Waals surface area contributed by atoms with Crippen molar-refractivity contribution in [1.82, 2.24) is 10.6 Å². The van der Waals surface area contributed by atoms with Crippen LogP contribution in [0.5, 0.6) is 0 Å². The summed E-state index contributed by atoms with van der Waals surface area (Å²) in [6.07, 6.45) is 10.1. The normalized spacial score (nSPS) is 29.9. The molecule has 0 aliphatic heterocycles. The van der Waals surface area contributed by atoms with E-state index in [1.54, 1.807) is 0 Å². The minimum absolute atomic E-state index is 0.0133. The molecule has 0 radical (unpaired) electrons. The number of nitrogens with one attached hydrogen (secondary N) is 2. The number of benzene rings is 1. The van der Waals surface area contributed by atoms with Gasteiger partial charge in [-0.3, -0.25) is 4.79 Å². The van der Waals surface area contributed by atoms with Crippen LogP contribution in [0.4, 0.5) is 0 Å². The molecule has 4 saturated carbocycles. The average molecular weight is 432 g/mol. The van der Waals surface area contributed by atoms with Crippen LogP contribution in [0, 0.1) is 23.2 Å². The van der Waals surface area contributed by atoms with Gasteiger partial charge in [0.2, 0.25) is 0 Å². The molecule has 30 heavy (non-hydrogen) atoms. The number of carbonyl (C=O) groups is 1. The Morgan fingerprint density at radius 1 is 1.17 bits per heavy atom. The number of amides is 1. The average Bonchev–Trinajstić information content (AvgIpc) is 2.65. The monoisotopic (exact) mass is 431 g/mol. The Balaban J connectivity index is 1.30. The van der Waals surface area contributed by atoms with Gasteiger partial charge in [-0.2, -0.15) is 0 Å². The Morgan fingerprint density at radius 3 is 2.40 bits per heavy atom. The second-order valence-corrected chi connectivity index (χ2v) is 11.6. The summed E-state index contributed by atoms with van der Waals surface area (Å²) in [7, 11) is 0. The fraction of sp³-hybridized carbons (Fsp3) is 0.720. The fourth-order valence-corrected chi connectivity index (χ4v) is 6.80. The quantitative estimate of drug-likeness (QED) is 0.502. The molecule has 1 aromatic carbocycles. The van der Waals surface area contributed by atoms with E-state index in [1.165, 1.54) is 38.5 Å². The zero-order chi connectivity index (χ0) is 21.4. The molecule has 4 aliphatic rings. The summed E-state index contributed by atoms with van der Waals surface area (Å²) >= 11 is 6.39. The largest absolute Gasteiger partial charge is 0.351 e. The highest BCUT2D eigenvalue weighted by Crippen LogP contribution is 2.59. The molecule has 0 heterocycles. The van der Waals surface area contributed by atoms with E-state index in [2.05, 4.69) is 10.6 Å². The Labute approximate surface area is 186 Å². The van der Waals surface area contributed by atoms with Crippen LogP contribution in [-0.2, 0) is 6.42 Å². The molecule has 1 amide bonds. The lowest BCUT2D eigenvalue weighted by Crippen LogP contribution is -2.51. The molecule has 0 aromatic heterocycles. The molecule has 5 rings (SSSR count). The predicted molar refractivity (Wildman–Crippen MR) is 124 cm³/mol. The standard InChI is InChI=1S/C25H38ClN3O/c1-24(2,27)15-28-7-3-4-17-5-6-22(26)21(11-17)23(30)29-16-25-12-18-8-19(13-25)10-20(9-18)14-25/h5-6,11,18-20,28H,3-4,7-10,12-16,27H2,1-2H3,(H,29,30). The van der Waals surface area contributed by atoms with Crippen LogP contribution in [-0.4, -0.2) is 31.1 Å². The highest BCUT2D eigenvalue weighted by Gasteiger charge is 2.50. The lowest BCUT2D eigenvalue weighted by molar-refractivity contribution is -0.0503. The van der Waals surface area contributed by atoms with Gasteiger partial charge >= 0.3 is 0 Å². The third-order valence-corrected chi connectivity index (χ3v) is 7.79. The summed E-state index contributed by atoms with van der Waals surface area (Å²) in [6.45, 7) is 6.57. The summed E-state index contributed by atoms with van der Waals surface area (Å²) in [5.74, 6) is 2.69. The van der Waals surface area contributed by atoms with E-state index in [0.29, 0.717) is 16.0 Å².